The van der Waals surface area contributed by atoms with Gasteiger partial charge in [-0.1, -0.05) is 0 Å². The van der Waals surface area contributed by atoms with Crippen LogP contribution in [0.5, 0.6) is 5.75 Å². The summed E-state index contributed by atoms with van der Waals surface area (Å²) in [5.41, 5.74) is -0.0368. The Morgan fingerprint density at radius 1 is 1.29 bits per heavy atom. The van der Waals surface area contributed by atoms with Crippen LogP contribution in [-0.2, 0) is 9.53 Å². The predicted octanol–water partition coefficient (Wildman–Crippen LogP) is 1.08. The molecule has 114 valence electrons. The second-order valence-electron chi connectivity index (χ2n) is 3.83. The number of carboxylic acid groups (broad SMARTS) is 1. The quantitative estimate of drug-likeness (QED) is 0.677. The summed E-state index contributed by atoms with van der Waals surface area (Å²) in [6.07, 6.45) is 0. The first-order chi connectivity index (χ1) is 9.97. The lowest BCUT2D eigenvalue weighted by molar-refractivity contribution is -0.141. The molecule has 0 saturated carbocycles. The smallest absolute Gasteiger partial charge is 0.337 e. The van der Waals surface area contributed by atoms with Crippen molar-refractivity contribution in [2.45, 2.75) is 6.92 Å². The lowest BCUT2D eigenvalue weighted by atomic mass is 10.1. The number of aromatic carboxylic acids is 1. The van der Waals surface area contributed by atoms with Gasteiger partial charge in [-0.2, -0.15) is 0 Å². The van der Waals surface area contributed by atoms with E-state index in [1.54, 1.807) is 6.92 Å². The van der Waals surface area contributed by atoms with Gasteiger partial charge in [0, 0.05) is 0 Å². The SMILES string of the molecule is CCOC(=O)CNC(=O)Nc1ccc(OC)cc1C(=O)O. The fourth-order valence-electron chi connectivity index (χ4n) is 1.47. The van der Waals surface area contributed by atoms with Gasteiger partial charge >= 0.3 is 18.0 Å². The molecule has 3 N–H and O–H groups in total. The number of carbonyl (C=O) groups is 3. The lowest BCUT2D eigenvalue weighted by Gasteiger charge is -2.10. The fourth-order valence-corrected chi connectivity index (χ4v) is 1.47. The Kier molecular flexibility index (Phi) is 5.99. The standard InChI is InChI=1S/C13H16N2O6/c1-3-21-11(16)7-14-13(19)15-10-5-4-8(20-2)6-9(10)12(17)18/h4-6H,3,7H2,1-2H3,(H,17,18)(H2,14,15,19). The van der Waals surface area contributed by atoms with E-state index in [1.165, 1.54) is 25.3 Å². The normalized spacial score (nSPS) is 9.62. The van der Waals surface area contributed by atoms with E-state index in [0.717, 1.165) is 0 Å². The average molecular weight is 296 g/mol. The molecule has 8 nitrogen and oxygen atoms in total. The Balaban J connectivity index is 2.71. The number of esters is 1. The molecule has 0 unspecified atom stereocenters. The number of ether oxygens (including phenoxy) is 2. The molecule has 0 aliphatic rings. The highest BCUT2D eigenvalue weighted by Gasteiger charge is 2.14. The number of methoxy groups -OCH3 is 1. The molecule has 8 heteroatoms. The highest BCUT2D eigenvalue weighted by molar-refractivity contribution is 6.00. The summed E-state index contributed by atoms with van der Waals surface area (Å²) in [6.45, 7) is 1.55. The molecule has 0 saturated heterocycles. The van der Waals surface area contributed by atoms with Crippen LogP contribution in [0.25, 0.3) is 0 Å². The van der Waals surface area contributed by atoms with Crippen molar-refractivity contribution in [2.24, 2.45) is 0 Å². The summed E-state index contributed by atoms with van der Waals surface area (Å²) >= 11 is 0. The number of anilines is 1. The Labute approximate surface area is 121 Å². The van der Waals surface area contributed by atoms with Crippen LogP contribution in [0.4, 0.5) is 10.5 Å². The number of hydrogen-bond donors (Lipinski definition) is 3. The van der Waals surface area contributed by atoms with Crippen LogP contribution in [0, 0.1) is 0 Å². The van der Waals surface area contributed by atoms with E-state index in [9.17, 15) is 14.4 Å². The topological polar surface area (TPSA) is 114 Å². The Bertz CT molecular complexity index is 543. The zero-order valence-corrected chi connectivity index (χ0v) is 11.6. The number of carbonyl (C=O) groups excluding carboxylic acids is 2. The Hall–Kier alpha value is -2.77. The molecule has 0 radical (unpaired) electrons. The third-order valence-corrected chi connectivity index (χ3v) is 2.40. The molecule has 0 heterocycles. The fraction of sp³-hybridized carbons (Fsp3) is 0.308. The van der Waals surface area contributed by atoms with Crippen LogP contribution in [0.2, 0.25) is 0 Å². The molecule has 0 aliphatic carbocycles. The van der Waals surface area contributed by atoms with Crippen LogP contribution in [0.3, 0.4) is 0 Å². The number of amides is 2. The summed E-state index contributed by atoms with van der Waals surface area (Å²) in [5.74, 6) is -1.44. The summed E-state index contributed by atoms with van der Waals surface area (Å²) in [4.78, 5) is 33.8. The molecular weight excluding hydrogens is 280 g/mol. The zero-order valence-electron chi connectivity index (χ0n) is 11.6. The maximum absolute atomic E-state index is 11.6. The van der Waals surface area contributed by atoms with Crippen molar-refractivity contribution in [2.75, 3.05) is 25.6 Å². The van der Waals surface area contributed by atoms with Crippen molar-refractivity contribution in [3.63, 3.8) is 0 Å². The second kappa shape index (κ2) is 7.73. The van der Waals surface area contributed by atoms with Gasteiger partial charge in [0.15, 0.2) is 0 Å². The van der Waals surface area contributed by atoms with E-state index in [0.29, 0.717) is 5.75 Å². The number of hydrogen-bond acceptors (Lipinski definition) is 5. The molecule has 0 aromatic heterocycles. The minimum absolute atomic E-state index is 0.0876. The Morgan fingerprint density at radius 2 is 2.00 bits per heavy atom. The van der Waals surface area contributed by atoms with E-state index >= 15 is 0 Å². The van der Waals surface area contributed by atoms with Gasteiger partial charge in [0.05, 0.1) is 25.0 Å². The molecular formula is C13H16N2O6. The van der Waals surface area contributed by atoms with Gasteiger partial charge < -0.3 is 25.2 Å². The molecule has 0 aliphatic heterocycles. The summed E-state index contributed by atoms with van der Waals surface area (Å²) < 4.78 is 9.56. The lowest BCUT2D eigenvalue weighted by Crippen LogP contribution is -2.34. The summed E-state index contributed by atoms with van der Waals surface area (Å²) in [5, 5.41) is 13.7. The molecule has 0 bridgehead atoms. The molecule has 1 aromatic rings. The Morgan fingerprint density at radius 3 is 2.57 bits per heavy atom. The van der Waals surface area contributed by atoms with Crippen molar-refractivity contribution in [3.05, 3.63) is 23.8 Å². The van der Waals surface area contributed by atoms with Gasteiger partial charge in [-0.3, -0.25) is 4.79 Å². The van der Waals surface area contributed by atoms with E-state index in [2.05, 4.69) is 15.4 Å². The number of urea groups is 1. The third kappa shape index (κ3) is 5.01. The van der Waals surface area contributed by atoms with E-state index < -0.39 is 18.0 Å². The first-order valence-electron chi connectivity index (χ1n) is 6.09. The first kappa shape index (κ1) is 16.3. The van der Waals surface area contributed by atoms with Gasteiger partial charge in [0.25, 0.3) is 0 Å². The summed E-state index contributed by atoms with van der Waals surface area (Å²) in [7, 11) is 1.40. The zero-order chi connectivity index (χ0) is 15.8. The average Bonchev–Trinajstić information content (AvgIpc) is 2.45. The van der Waals surface area contributed by atoms with Crippen molar-refractivity contribution >= 4 is 23.7 Å². The van der Waals surface area contributed by atoms with Crippen LogP contribution in [-0.4, -0.2) is 43.3 Å². The molecule has 1 rings (SSSR count). The van der Waals surface area contributed by atoms with E-state index in [1.807, 2.05) is 0 Å². The number of nitrogens with one attached hydrogen (secondary N) is 2. The molecule has 0 fully saturated rings. The van der Waals surface area contributed by atoms with E-state index in [4.69, 9.17) is 9.84 Å². The van der Waals surface area contributed by atoms with Crippen LogP contribution >= 0.6 is 0 Å². The van der Waals surface area contributed by atoms with Crippen molar-refractivity contribution in [3.8, 4) is 5.75 Å². The number of benzene rings is 1. The van der Waals surface area contributed by atoms with Crippen molar-refractivity contribution in [1.29, 1.82) is 0 Å². The predicted molar refractivity (Wildman–Crippen MR) is 73.6 cm³/mol. The number of rotatable bonds is 6. The monoisotopic (exact) mass is 296 g/mol. The maximum Gasteiger partial charge on any atom is 0.337 e. The largest absolute Gasteiger partial charge is 0.497 e. The highest BCUT2D eigenvalue weighted by Crippen LogP contribution is 2.22. The minimum atomic E-state index is -1.21. The number of carboxylic acids is 1. The van der Waals surface area contributed by atoms with Crippen LogP contribution in [0.15, 0.2) is 18.2 Å². The highest BCUT2D eigenvalue weighted by atomic mass is 16.5. The molecule has 0 atom stereocenters. The van der Waals surface area contributed by atoms with Crippen molar-refractivity contribution in [1.82, 2.24) is 5.32 Å². The first-order valence-corrected chi connectivity index (χ1v) is 6.09. The van der Waals surface area contributed by atoms with Crippen molar-refractivity contribution < 1.29 is 29.0 Å². The van der Waals surface area contributed by atoms with E-state index in [-0.39, 0.29) is 24.4 Å². The summed E-state index contributed by atoms with van der Waals surface area (Å²) in [6, 6.07) is 3.47. The van der Waals surface area contributed by atoms with Gasteiger partial charge in [0.2, 0.25) is 0 Å². The molecule has 2 amide bonds. The van der Waals surface area contributed by atoms with Gasteiger partial charge in [-0.05, 0) is 25.1 Å². The molecule has 21 heavy (non-hydrogen) atoms. The van der Waals surface area contributed by atoms with Gasteiger partial charge in [-0.15, -0.1) is 0 Å². The molecule has 1 aromatic carbocycles. The van der Waals surface area contributed by atoms with Crippen LogP contribution < -0.4 is 15.4 Å². The maximum atomic E-state index is 11.6. The van der Waals surface area contributed by atoms with Crippen LogP contribution in [0.1, 0.15) is 17.3 Å². The molecule has 0 spiro atoms. The third-order valence-electron chi connectivity index (χ3n) is 2.40. The minimum Gasteiger partial charge on any atom is -0.497 e. The van der Waals surface area contributed by atoms with Gasteiger partial charge in [0.1, 0.15) is 12.3 Å². The second-order valence-corrected chi connectivity index (χ2v) is 3.83. The van der Waals surface area contributed by atoms with Gasteiger partial charge in [-0.25, -0.2) is 9.59 Å².